The first-order valence-electron chi connectivity index (χ1n) is 4.36. The van der Waals surface area contributed by atoms with E-state index < -0.39 is 5.97 Å². The van der Waals surface area contributed by atoms with Crippen molar-refractivity contribution in [3.63, 3.8) is 0 Å². The van der Waals surface area contributed by atoms with E-state index in [1.807, 2.05) is 0 Å². The summed E-state index contributed by atoms with van der Waals surface area (Å²) in [6.07, 6.45) is 0. The molecule has 0 saturated heterocycles. The molecular formula is C9H7N3O3S. The van der Waals surface area contributed by atoms with E-state index >= 15 is 0 Å². The minimum Gasteiger partial charge on any atom is -0.477 e. The van der Waals surface area contributed by atoms with E-state index in [2.05, 4.69) is 15.0 Å². The van der Waals surface area contributed by atoms with Gasteiger partial charge in [-0.15, -0.1) is 0 Å². The van der Waals surface area contributed by atoms with E-state index in [-0.39, 0.29) is 21.7 Å². The van der Waals surface area contributed by atoms with E-state index in [1.165, 1.54) is 6.07 Å². The molecule has 0 spiro atoms. The van der Waals surface area contributed by atoms with Crippen LogP contribution < -0.4 is 5.56 Å². The number of hydrogen-bond donors (Lipinski definition) is 3. The lowest BCUT2D eigenvalue weighted by atomic mass is 10.2. The standard InChI is InChI=1S/C9H7N3O3S/c1-3-2-4(8(14)15)10-6-5(3)7(13)12-9(16)11-6/h2H,1H3,(H,14,15)(H2,10,11,12,13,16). The van der Waals surface area contributed by atoms with Gasteiger partial charge in [-0.3, -0.25) is 9.78 Å². The summed E-state index contributed by atoms with van der Waals surface area (Å²) in [5, 5.41) is 9.14. The largest absolute Gasteiger partial charge is 0.477 e. The van der Waals surface area contributed by atoms with Gasteiger partial charge in [0, 0.05) is 0 Å². The van der Waals surface area contributed by atoms with Gasteiger partial charge in [0.25, 0.3) is 5.56 Å². The molecule has 0 unspecified atom stereocenters. The third-order valence-corrected chi connectivity index (χ3v) is 2.33. The van der Waals surface area contributed by atoms with E-state index in [4.69, 9.17) is 17.3 Å². The number of nitrogens with zero attached hydrogens (tertiary/aromatic N) is 1. The Kier molecular flexibility index (Phi) is 2.31. The molecule has 0 aliphatic rings. The van der Waals surface area contributed by atoms with Crippen molar-refractivity contribution in [1.29, 1.82) is 0 Å². The fourth-order valence-corrected chi connectivity index (χ4v) is 1.65. The summed E-state index contributed by atoms with van der Waals surface area (Å²) in [5.74, 6) is -1.15. The first-order chi connectivity index (χ1) is 7.49. The molecule has 0 bridgehead atoms. The second-order valence-corrected chi connectivity index (χ2v) is 3.67. The molecule has 0 aromatic carbocycles. The second-order valence-electron chi connectivity index (χ2n) is 3.26. The van der Waals surface area contributed by atoms with Crippen LogP contribution in [0.4, 0.5) is 0 Å². The van der Waals surface area contributed by atoms with Crippen LogP contribution in [0.25, 0.3) is 11.0 Å². The molecule has 0 amide bonds. The summed E-state index contributed by atoms with van der Waals surface area (Å²) < 4.78 is 0.118. The van der Waals surface area contributed by atoms with Gasteiger partial charge in [-0.2, -0.15) is 0 Å². The first-order valence-corrected chi connectivity index (χ1v) is 4.77. The van der Waals surface area contributed by atoms with Gasteiger partial charge >= 0.3 is 5.97 Å². The molecule has 0 atom stereocenters. The number of aromatic amines is 2. The Bertz CT molecular complexity index is 701. The number of aromatic carboxylic acids is 1. The molecule has 0 fully saturated rings. The number of fused-ring (bicyclic) bond motifs is 1. The molecule has 0 radical (unpaired) electrons. The van der Waals surface area contributed by atoms with Gasteiger partial charge < -0.3 is 10.1 Å². The van der Waals surface area contributed by atoms with Gasteiger partial charge in [0.1, 0.15) is 5.65 Å². The van der Waals surface area contributed by atoms with E-state index in [0.29, 0.717) is 10.9 Å². The monoisotopic (exact) mass is 237 g/mol. The highest BCUT2D eigenvalue weighted by atomic mass is 32.1. The number of H-pyrrole nitrogens is 2. The lowest BCUT2D eigenvalue weighted by Crippen LogP contribution is -2.12. The Morgan fingerprint density at radius 1 is 1.50 bits per heavy atom. The van der Waals surface area contributed by atoms with Crippen molar-refractivity contribution in [3.8, 4) is 0 Å². The van der Waals surface area contributed by atoms with E-state index in [9.17, 15) is 9.59 Å². The second kappa shape index (κ2) is 3.53. The fourth-order valence-electron chi connectivity index (χ4n) is 1.46. The van der Waals surface area contributed by atoms with Crippen molar-refractivity contribution in [2.75, 3.05) is 0 Å². The van der Waals surface area contributed by atoms with Gasteiger partial charge in [-0.05, 0) is 30.8 Å². The summed E-state index contributed by atoms with van der Waals surface area (Å²) in [4.78, 5) is 31.2. The van der Waals surface area contributed by atoms with Crippen molar-refractivity contribution in [3.05, 3.63) is 32.4 Å². The Balaban J connectivity index is 2.98. The number of carboxylic acids is 1. The summed E-state index contributed by atoms with van der Waals surface area (Å²) in [6.45, 7) is 1.64. The van der Waals surface area contributed by atoms with Crippen molar-refractivity contribution in [2.45, 2.75) is 6.92 Å². The third-order valence-electron chi connectivity index (χ3n) is 2.12. The lowest BCUT2D eigenvalue weighted by molar-refractivity contribution is 0.0691. The molecule has 2 aromatic rings. The lowest BCUT2D eigenvalue weighted by Gasteiger charge is -2.02. The normalized spacial score (nSPS) is 10.6. The average Bonchev–Trinajstić information content (AvgIpc) is 2.15. The SMILES string of the molecule is Cc1cc(C(=O)O)nc2[nH]c(=S)[nH]c(=O)c12. The molecule has 16 heavy (non-hydrogen) atoms. The van der Waals surface area contributed by atoms with Crippen molar-refractivity contribution in [1.82, 2.24) is 15.0 Å². The minimum atomic E-state index is -1.15. The van der Waals surface area contributed by atoms with Crippen LogP contribution in [0.5, 0.6) is 0 Å². The smallest absolute Gasteiger partial charge is 0.354 e. The Labute approximate surface area is 94.0 Å². The molecule has 2 rings (SSSR count). The van der Waals surface area contributed by atoms with Crippen molar-refractivity contribution in [2.24, 2.45) is 0 Å². The Hall–Kier alpha value is -2.02. The maximum atomic E-state index is 11.6. The number of hydrogen-bond acceptors (Lipinski definition) is 4. The summed E-state index contributed by atoms with van der Waals surface area (Å²) >= 11 is 4.78. The number of aryl methyl sites for hydroxylation is 1. The zero-order valence-corrected chi connectivity index (χ0v) is 9.01. The Morgan fingerprint density at radius 3 is 2.81 bits per heavy atom. The van der Waals surface area contributed by atoms with Crippen LogP contribution in [0, 0.1) is 11.7 Å². The Morgan fingerprint density at radius 2 is 2.19 bits per heavy atom. The summed E-state index contributed by atoms with van der Waals surface area (Å²) in [7, 11) is 0. The molecule has 0 aliphatic heterocycles. The quantitative estimate of drug-likeness (QED) is 0.642. The van der Waals surface area contributed by atoms with Crippen LogP contribution in [-0.4, -0.2) is 26.0 Å². The maximum Gasteiger partial charge on any atom is 0.354 e. The van der Waals surface area contributed by atoms with Crippen LogP contribution in [0.3, 0.4) is 0 Å². The maximum absolute atomic E-state index is 11.6. The first kappa shape index (κ1) is 10.5. The molecule has 0 aliphatic carbocycles. The van der Waals surface area contributed by atoms with Crippen LogP contribution in [0.2, 0.25) is 0 Å². The molecule has 3 N–H and O–H groups in total. The molecular weight excluding hydrogens is 230 g/mol. The topological polar surface area (TPSA) is 98.8 Å². The van der Waals surface area contributed by atoms with Gasteiger partial charge in [-0.25, -0.2) is 9.78 Å². The zero-order valence-electron chi connectivity index (χ0n) is 8.20. The van der Waals surface area contributed by atoms with Crippen LogP contribution in [0.1, 0.15) is 16.1 Å². The highest BCUT2D eigenvalue weighted by molar-refractivity contribution is 7.71. The fraction of sp³-hybridized carbons (Fsp3) is 0.111. The van der Waals surface area contributed by atoms with Crippen LogP contribution in [-0.2, 0) is 0 Å². The van der Waals surface area contributed by atoms with E-state index in [1.54, 1.807) is 6.92 Å². The molecule has 0 saturated carbocycles. The third kappa shape index (κ3) is 1.61. The highest BCUT2D eigenvalue weighted by Crippen LogP contribution is 2.11. The molecule has 2 aromatic heterocycles. The molecule has 2 heterocycles. The number of carboxylic acid groups (broad SMARTS) is 1. The number of aromatic nitrogens is 3. The predicted molar refractivity (Wildman–Crippen MR) is 59.2 cm³/mol. The number of nitrogens with one attached hydrogen (secondary N) is 2. The number of pyridine rings is 1. The zero-order chi connectivity index (χ0) is 11.9. The summed E-state index contributed by atoms with van der Waals surface area (Å²) in [5.41, 5.74) is 0.225. The average molecular weight is 237 g/mol. The van der Waals surface area contributed by atoms with Gasteiger partial charge in [0.2, 0.25) is 0 Å². The van der Waals surface area contributed by atoms with E-state index in [0.717, 1.165) is 0 Å². The van der Waals surface area contributed by atoms with Crippen molar-refractivity contribution < 1.29 is 9.90 Å². The minimum absolute atomic E-state index is 0.118. The highest BCUT2D eigenvalue weighted by Gasteiger charge is 2.11. The van der Waals surface area contributed by atoms with Gasteiger partial charge in [-0.1, -0.05) is 0 Å². The predicted octanol–water partition coefficient (Wildman–Crippen LogP) is 0.987. The van der Waals surface area contributed by atoms with Gasteiger partial charge in [0.15, 0.2) is 10.5 Å². The number of carbonyl (C=O) groups is 1. The molecule has 7 heteroatoms. The molecule has 82 valence electrons. The summed E-state index contributed by atoms with van der Waals surface area (Å²) in [6, 6.07) is 1.34. The molecule has 6 nitrogen and oxygen atoms in total. The van der Waals surface area contributed by atoms with Crippen molar-refractivity contribution >= 4 is 29.2 Å². The van der Waals surface area contributed by atoms with Crippen LogP contribution in [0.15, 0.2) is 10.9 Å². The number of rotatable bonds is 1. The van der Waals surface area contributed by atoms with Crippen LogP contribution >= 0.6 is 12.2 Å². The van der Waals surface area contributed by atoms with Gasteiger partial charge in [0.05, 0.1) is 5.39 Å².